The largest absolute Gasteiger partial charge is 0.323 e. The molecule has 0 aliphatic carbocycles. The van der Waals surface area contributed by atoms with Gasteiger partial charge in [0.2, 0.25) is 0 Å². The lowest BCUT2D eigenvalue weighted by Gasteiger charge is -2.08. The highest BCUT2D eigenvalue weighted by molar-refractivity contribution is 6.36. The SMILES string of the molecule is O=C(Nc1ccccc1)Nc1ccc(C(=O)N/N=C/c2ccc(Cl)cc2Cl)cc1. The van der Waals surface area contributed by atoms with Crippen LogP contribution < -0.4 is 16.1 Å². The molecule has 3 N–H and O–H groups in total. The molecule has 0 saturated heterocycles. The summed E-state index contributed by atoms with van der Waals surface area (Å²) in [6.45, 7) is 0. The van der Waals surface area contributed by atoms with Gasteiger partial charge < -0.3 is 10.6 Å². The van der Waals surface area contributed by atoms with E-state index >= 15 is 0 Å². The Labute approximate surface area is 177 Å². The molecular formula is C21H16Cl2N4O2. The molecule has 0 unspecified atom stereocenters. The Morgan fingerprint density at radius 1 is 0.828 bits per heavy atom. The first-order valence-corrected chi connectivity index (χ1v) is 9.28. The Kier molecular flexibility index (Phi) is 6.84. The average Bonchev–Trinajstić information content (AvgIpc) is 2.71. The molecule has 0 aliphatic heterocycles. The lowest BCUT2D eigenvalue weighted by atomic mass is 10.2. The van der Waals surface area contributed by atoms with Gasteiger partial charge in [0.1, 0.15) is 0 Å². The molecule has 146 valence electrons. The van der Waals surface area contributed by atoms with Gasteiger partial charge in [-0.15, -0.1) is 0 Å². The number of para-hydroxylation sites is 1. The number of benzene rings is 3. The van der Waals surface area contributed by atoms with E-state index in [0.29, 0.717) is 32.5 Å². The van der Waals surface area contributed by atoms with Crippen LogP contribution in [0.3, 0.4) is 0 Å². The molecule has 0 fully saturated rings. The molecule has 6 nitrogen and oxygen atoms in total. The van der Waals surface area contributed by atoms with E-state index in [0.717, 1.165) is 0 Å². The second-order valence-electron chi connectivity index (χ2n) is 5.89. The van der Waals surface area contributed by atoms with Gasteiger partial charge >= 0.3 is 6.03 Å². The number of hydrogen-bond acceptors (Lipinski definition) is 3. The number of amides is 3. The molecule has 0 radical (unpaired) electrons. The summed E-state index contributed by atoms with van der Waals surface area (Å²) in [6, 6.07) is 20.1. The maximum absolute atomic E-state index is 12.2. The molecule has 0 spiro atoms. The number of nitrogens with one attached hydrogen (secondary N) is 3. The molecule has 0 aromatic heterocycles. The third-order valence-electron chi connectivity index (χ3n) is 3.77. The summed E-state index contributed by atoms with van der Waals surface area (Å²) in [7, 11) is 0. The lowest BCUT2D eigenvalue weighted by Crippen LogP contribution is -2.20. The van der Waals surface area contributed by atoms with Crippen LogP contribution >= 0.6 is 23.2 Å². The quantitative estimate of drug-likeness (QED) is 0.376. The normalized spacial score (nSPS) is 10.6. The fraction of sp³-hybridized carbons (Fsp3) is 0. The van der Waals surface area contributed by atoms with Crippen molar-refractivity contribution in [3.63, 3.8) is 0 Å². The Hall–Kier alpha value is -3.35. The van der Waals surface area contributed by atoms with Gasteiger partial charge in [-0.05, 0) is 48.5 Å². The molecule has 0 saturated carbocycles. The molecule has 3 rings (SSSR count). The van der Waals surface area contributed by atoms with E-state index in [1.54, 1.807) is 54.6 Å². The van der Waals surface area contributed by atoms with E-state index in [-0.39, 0.29) is 6.03 Å². The molecule has 8 heteroatoms. The zero-order chi connectivity index (χ0) is 20.6. The van der Waals surface area contributed by atoms with Crippen LogP contribution in [0, 0.1) is 0 Å². The van der Waals surface area contributed by atoms with E-state index < -0.39 is 5.91 Å². The minimum absolute atomic E-state index is 0.377. The number of urea groups is 1. The van der Waals surface area contributed by atoms with Gasteiger partial charge in [0, 0.05) is 27.5 Å². The number of halogens is 2. The van der Waals surface area contributed by atoms with Crippen LogP contribution in [0.4, 0.5) is 16.2 Å². The first-order chi connectivity index (χ1) is 14.0. The molecule has 29 heavy (non-hydrogen) atoms. The maximum atomic E-state index is 12.2. The summed E-state index contributed by atoms with van der Waals surface area (Å²) in [6.07, 6.45) is 1.43. The number of hydrogen-bond donors (Lipinski definition) is 3. The monoisotopic (exact) mass is 426 g/mol. The topological polar surface area (TPSA) is 82.6 Å². The van der Waals surface area contributed by atoms with Crippen molar-refractivity contribution in [3.05, 3.63) is 94.0 Å². The van der Waals surface area contributed by atoms with Crippen molar-refractivity contribution in [1.82, 2.24) is 5.43 Å². The molecule has 3 amide bonds. The maximum Gasteiger partial charge on any atom is 0.323 e. The number of hydrazone groups is 1. The number of anilines is 2. The fourth-order valence-corrected chi connectivity index (χ4v) is 2.81. The van der Waals surface area contributed by atoms with Gasteiger partial charge in [0.15, 0.2) is 0 Å². The van der Waals surface area contributed by atoms with Crippen molar-refractivity contribution in [2.24, 2.45) is 5.10 Å². The Bertz CT molecular complexity index is 1040. The van der Waals surface area contributed by atoms with Crippen LogP contribution in [0.5, 0.6) is 0 Å². The van der Waals surface area contributed by atoms with Crippen LogP contribution in [0.25, 0.3) is 0 Å². The molecule has 0 atom stereocenters. The zero-order valence-corrected chi connectivity index (χ0v) is 16.5. The van der Waals surface area contributed by atoms with E-state index in [1.165, 1.54) is 6.21 Å². The van der Waals surface area contributed by atoms with Crippen molar-refractivity contribution >= 4 is 52.7 Å². The van der Waals surface area contributed by atoms with Crippen molar-refractivity contribution in [2.45, 2.75) is 0 Å². The van der Waals surface area contributed by atoms with Gasteiger partial charge in [0.25, 0.3) is 5.91 Å². The Balaban J connectivity index is 1.54. The van der Waals surface area contributed by atoms with Gasteiger partial charge in [-0.1, -0.05) is 47.5 Å². The van der Waals surface area contributed by atoms with Crippen LogP contribution in [0.15, 0.2) is 77.9 Å². The van der Waals surface area contributed by atoms with Crippen molar-refractivity contribution in [2.75, 3.05) is 10.6 Å². The summed E-state index contributed by atoms with van der Waals surface area (Å²) in [4.78, 5) is 24.2. The van der Waals surface area contributed by atoms with Crippen molar-refractivity contribution < 1.29 is 9.59 Å². The second kappa shape index (κ2) is 9.73. The van der Waals surface area contributed by atoms with Crippen LogP contribution in [-0.4, -0.2) is 18.2 Å². The van der Waals surface area contributed by atoms with Crippen molar-refractivity contribution in [3.8, 4) is 0 Å². The van der Waals surface area contributed by atoms with Crippen molar-refractivity contribution in [1.29, 1.82) is 0 Å². The molecule has 3 aromatic rings. The summed E-state index contributed by atoms with van der Waals surface area (Å²) >= 11 is 11.9. The highest BCUT2D eigenvalue weighted by atomic mass is 35.5. The number of nitrogens with zero attached hydrogens (tertiary/aromatic N) is 1. The lowest BCUT2D eigenvalue weighted by molar-refractivity contribution is 0.0955. The minimum Gasteiger partial charge on any atom is -0.308 e. The number of rotatable bonds is 5. The van der Waals surface area contributed by atoms with Gasteiger partial charge in [-0.2, -0.15) is 5.10 Å². The highest BCUT2D eigenvalue weighted by Gasteiger charge is 2.06. The predicted octanol–water partition coefficient (Wildman–Crippen LogP) is 5.40. The minimum atomic E-state index is -0.397. The summed E-state index contributed by atoms with van der Waals surface area (Å²) < 4.78 is 0. The fourth-order valence-electron chi connectivity index (χ4n) is 2.35. The van der Waals surface area contributed by atoms with Crippen LogP contribution in [0.1, 0.15) is 15.9 Å². The van der Waals surface area contributed by atoms with E-state index in [4.69, 9.17) is 23.2 Å². The summed E-state index contributed by atoms with van der Waals surface area (Å²) in [5.74, 6) is -0.397. The average molecular weight is 427 g/mol. The van der Waals surface area contributed by atoms with E-state index in [9.17, 15) is 9.59 Å². The number of carbonyl (C=O) groups is 2. The van der Waals surface area contributed by atoms with Crippen LogP contribution in [-0.2, 0) is 0 Å². The molecule has 3 aromatic carbocycles. The Morgan fingerprint density at radius 3 is 2.14 bits per heavy atom. The standard InChI is InChI=1S/C21H16Cl2N4O2/c22-16-9-6-15(19(23)12-16)13-24-27-20(28)14-7-10-18(11-8-14)26-21(29)25-17-4-2-1-3-5-17/h1-13H,(H,27,28)(H2,25,26,29)/b24-13+. The predicted molar refractivity (Wildman–Crippen MR) is 117 cm³/mol. The first kappa shape index (κ1) is 20.4. The highest BCUT2D eigenvalue weighted by Crippen LogP contribution is 2.19. The van der Waals surface area contributed by atoms with Crippen LogP contribution in [0.2, 0.25) is 10.0 Å². The second-order valence-corrected chi connectivity index (χ2v) is 6.73. The molecule has 0 aliphatic rings. The third kappa shape index (κ3) is 6.07. The van der Waals surface area contributed by atoms with E-state index in [2.05, 4.69) is 21.2 Å². The number of carbonyl (C=O) groups excluding carboxylic acids is 2. The zero-order valence-electron chi connectivity index (χ0n) is 15.0. The Morgan fingerprint density at radius 2 is 1.48 bits per heavy atom. The first-order valence-electron chi connectivity index (χ1n) is 8.53. The molecule has 0 bridgehead atoms. The smallest absolute Gasteiger partial charge is 0.308 e. The third-order valence-corrected chi connectivity index (χ3v) is 4.33. The van der Waals surface area contributed by atoms with E-state index in [1.807, 2.05) is 18.2 Å². The van der Waals surface area contributed by atoms with Gasteiger partial charge in [-0.25, -0.2) is 10.2 Å². The summed E-state index contributed by atoms with van der Waals surface area (Å²) in [5.41, 5.74) is 4.66. The van der Waals surface area contributed by atoms with Gasteiger partial charge in [-0.3, -0.25) is 4.79 Å². The van der Waals surface area contributed by atoms with Gasteiger partial charge in [0.05, 0.1) is 11.2 Å². The summed E-state index contributed by atoms with van der Waals surface area (Å²) in [5, 5.41) is 10.2. The molecule has 0 heterocycles. The molecular weight excluding hydrogens is 411 g/mol.